The number of carbonyl (C=O) groups excluding carboxylic acids is 1. The average molecular weight is 212 g/mol. The van der Waals surface area contributed by atoms with Crippen molar-refractivity contribution < 1.29 is 9.53 Å². The minimum Gasteiger partial charge on any atom is -0.460 e. The van der Waals surface area contributed by atoms with E-state index in [4.69, 9.17) is 4.74 Å². The molecule has 0 aromatic carbocycles. The van der Waals surface area contributed by atoms with E-state index in [1.807, 2.05) is 0 Å². The van der Waals surface area contributed by atoms with Gasteiger partial charge in [0.1, 0.15) is 0 Å². The molecule has 0 unspecified atom stereocenters. The number of tetrazole rings is 1. The standard InChI is InChI=1S/C9H16N4O2/c1-3-4-5-6-7-15-9(14)8-10-11-12-13(8)2/h3-7H2,1-2H3. The van der Waals surface area contributed by atoms with E-state index in [9.17, 15) is 4.79 Å². The average Bonchev–Trinajstić information content (AvgIpc) is 2.64. The normalized spacial score (nSPS) is 10.3. The molecule has 1 rings (SSSR count). The number of aromatic nitrogens is 4. The van der Waals surface area contributed by atoms with Crippen molar-refractivity contribution >= 4 is 5.97 Å². The van der Waals surface area contributed by atoms with Crippen molar-refractivity contribution in [2.45, 2.75) is 32.6 Å². The van der Waals surface area contributed by atoms with Crippen LogP contribution < -0.4 is 0 Å². The molecule has 0 aliphatic rings. The van der Waals surface area contributed by atoms with Crippen molar-refractivity contribution in [2.24, 2.45) is 7.05 Å². The van der Waals surface area contributed by atoms with Crippen molar-refractivity contribution in [3.63, 3.8) is 0 Å². The molecule has 0 bridgehead atoms. The van der Waals surface area contributed by atoms with Gasteiger partial charge in [-0.3, -0.25) is 0 Å². The minimum absolute atomic E-state index is 0.144. The quantitative estimate of drug-likeness (QED) is 0.518. The second-order valence-electron chi connectivity index (χ2n) is 3.32. The third kappa shape index (κ3) is 3.65. The van der Waals surface area contributed by atoms with Gasteiger partial charge in [-0.05, 0) is 16.8 Å². The summed E-state index contributed by atoms with van der Waals surface area (Å²) in [6.07, 6.45) is 4.32. The van der Waals surface area contributed by atoms with E-state index in [0.29, 0.717) is 6.61 Å². The third-order valence-corrected chi connectivity index (χ3v) is 2.03. The van der Waals surface area contributed by atoms with Crippen molar-refractivity contribution in [3.05, 3.63) is 5.82 Å². The number of esters is 1. The summed E-state index contributed by atoms with van der Waals surface area (Å²) in [6.45, 7) is 2.57. The summed E-state index contributed by atoms with van der Waals surface area (Å²) in [5.74, 6) is -0.315. The first-order valence-corrected chi connectivity index (χ1v) is 5.15. The van der Waals surface area contributed by atoms with Gasteiger partial charge in [0, 0.05) is 7.05 Å². The zero-order valence-corrected chi connectivity index (χ0v) is 9.14. The molecule has 0 atom stereocenters. The fourth-order valence-electron chi connectivity index (χ4n) is 1.16. The predicted octanol–water partition coefficient (Wildman–Crippen LogP) is 0.947. The Morgan fingerprint density at radius 3 is 2.80 bits per heavy atom. The van der Waals surface area contributed by atoms with Gasteiger partial charge in [0.2, 0.25) is 0 Å². The summed E-state index contributed by atoms with van der Waals surface area (Å²) in [5, 5.41) is 10.5. The molecular formula is C9H16N4O2. The fraction of sp³-hybridized carbons (Fsp3) is 0.778. The molecule has 6 nitrogen and oxygen atoms in total. The molecule has 0 N–H and O–H groups in total. The minimum atomic E-state index is -0.459. The molecule has 0 saturated heterocycles. The number of rotatable bonds is 6. The molecular weight excluding hydrogens is 196 g/mol. The lowest BCUT2D eigenvalue weighted by Crippen LogP contribution is -2.12. The van der Waals surface area contributed by atoms with Crippen LogP contribution in [0.25, 0.3) is 0 Å². The first kappa shape index (κ1) is 11.6. The van der Waals surface area contributed by atoms with Crippen LogP contribution >= 0.6 is 0 Å². The lowest BCUT2D eigenvalue weighted by molar-refractivity contribution is 0.0477. The van der Waals surface area contributed by atoms with Gasteiger partial charge >= 0.3 is 5.97 Å². The number of hydrogen-bond acceptors (Lipinski definition) is 5. The Balaban J connectivity index is 2.22. The summed E-state index contributed by atoms with van der Waals surface area (Å²) < 4.78 is 6.31. The van der Waals surface area contributed by atoms with E-state index in [1.54, 1.807) is 7.05 Å². The van der Waals surface area contributed by atoms with Gasteiger partial charge < -0.3 is 4.74 Å². The summed E-state index contributed by atoms with van der Waals surface area (Å²) in [7, 11) is 1.60. The van der Waals surface area contributed by atoms with Gasteiger partial charge in [0.15, 0.2) is 0 Å². The number of hydrogen-bond donors (Lipinski definition) is 0. The van der Waals surface area contributed by atoms with Crippen molar-refractivity contribution in [3.8, 4) is 0 Å². The van der Waals surface area contributed by atoms with Crippen LogP contribution in [0.5, 0.6) is 0 Å². The molecule has 0 aliphatic carbocycles. The maximum Gasteiger partial charge on any atom is 0.378 e. The Labute approximate surface area is 88.6 Å². The van der Waals surface area contributed by atoms with E-state index in [2.05, 4.69) is 22.4 Å². The molecule has 0 amide bonds. The van der Waals surface area contributed by atoms with E-state index >= 15 is 0 Å². The highest BCUT2D eigenvalue weighted by molar-refractivity contribution is 5.84. The molecule has 6 heteroatoms. The van der Waals surface area contributed by atoms with Gasteiger partial charge in [0.05, 0.1) is 6.61 Å². The lowest BCUT2D eigenvalue weighted by Gasteiger charge is -2.02. The van der Waals surface area contributed by atoms with Crippen molar-refractivity contribution in [2.75, 3.05) is 6.61 Å². The van der Waals surface area contributed by atoms with Crippen LogP contribution in [0.3, 0.4) is 0 Å². The van der Waals surface area contributed by atoms with E-state index < -0.39 is 5.97 Å². The Bertz CT molecular complexity index is 311. The van der Waals surface area contributed by atoms with Crippen LogP contribution in [0.4, 0.5) is 0 Å². The highest BCUT2D eigenvalue weighted by Crippen LogP contribution is 2.00. The van der Waals surface area contributed by atoms with Gasteiger partial charge in [0.25, 0.3) is 5.82 Å². The Kier molecular flexibility index (Phi) is 4.73. The summed E-state index contributed by atoms with van der Waals surface area (Å²) in [6, 6.07) is 0. The van der Waals surface area contributed by atoms with Gasteiger partial charge in [-0.15, -0.1) is 5.10 Å². The Morgan fingerprint density at radius 2 is 2.20 bits per heavy atom. The zero-order valence-electron chi connectivity index (χ0n) is 9.14. The summed E-state index contributed by atoms with van der Waals surface area (Å²) >= 11 is 0. The SMILES string of the molecule is CCCCCCOC(=O)c1nnnn1C. The van der Waals surface area contributed by atoms with Crippen molar-refractivity contribution in [1.82, 2.24) is 20.2 Å². The lowest BCUT2D eigenvalue weighted by atomic mass is 10.2. The molecule has 0 saturated carbocycles. The van der Waals surface area contributed by atoms with Gasteiger partial charge in [-0.25, -0.2) is 9.48 Å². The summed E-state index contributed by atoms with van der Waals surface area (Å²) in [5.41, 5.74) is 0. The molecule has 1 aromatic heterocycles. The zero-order chi connectivity index (χ0) is 11.1. The highest BCUT2D eigenvalue weighted by atomic mass is 16.5. The number of carbonyl (C=O) groups is 1. The fourth-order valence-corrected chi connectivity index (χ4v) is 1.16. The van der Waals surface area contributed by atoms with E-state index in [-0.39, 0.29) is 5.82 Å². The monoisotopic (exact) mass is 212 g/mol. The number of aryl methyl sites for hydroxylation is 1. The molecule has 0 spiro atoms. The van der Waals surface area contributed by atoms with Gasteiger partial charge in [-0.1, -0.05) is 26.2 Å². The number of ether oxygens (including phenoxy) is 1. The first-order valence-electron chi connectivity index (χ1n) is 5.15. The molecule has 84 valence electrons. The second-order valence-corrected chi connectivity index (χ2v) is 3.32. The van der Waals surface area contributed by atoms with E-state index in [1.165, 1.54) is 17.5 Å². The highest BCUT2D eigenvalue weighted by Gasteiger charge is 2.13. The molecule has 0 aliphatic heterocycles. The first-order chi connectivity index (χ1) is 7.25. The van der Waals surface area contributed by atoms with Crippen molar-refractivity contribution in [1.29, 1.82) is 0 Å². The number of unbranched alkanes of at least 4 members (excludes halogenated alkanes) is 3. The molecule has 0 radical (unpaired) electrons. The van der Waals surface area contributed by atoms with Crippen LogP contribution in [0.1, 0.15) is 43.2 Å². The molecule has 15 heavy (non-hydrogen) atoms. The van der Waals surface area contributed by atoms with Gasteiger partial charge in [-0.2, -0.15) is 0 Å². The number of nitrogens with zero attached hydrogens (tertiary/aromatic N) is 4. The Hall–Kier alpha value is -1.46. The molecule has 1 aromatic rings. The predicted molar refractivity (Wildman–Crippen MR) is 53.2 cm³/mol. The smallest absolute Gasteiger partial charge is 0.378 e. The largest absolute Gasteiger partial charge is 0.460 e. The molecule has 1 heterocycles. The van der Waals surface area contributed by atoms with E-state index in [0.717, 1.165) is 12.8 Å². The van der Waals surface area contributed by atoms with Crippen LogP contribution in [0.15, 0.2) is 0 Å². The van der Waals surface area contributed by atoms with Crippen LogP contribution in [0.2, 0.25) is 0 Å². The molecule has 0 fully saturated rings. The second kappa shape index (κ2) is 6.10. The Morgan fingerprint density at radius 1 is 1.40 bits per heavy atom. The topological polar surface area (TPSA) is 69.9 Å². The maximum atomic E-state index is 11.4. The van der Waals surface area contributed by atoms with Crippen LogP contribution in [-0.4, -0.2) is 32.8 Å². The van der Waals surface area contributed by atoms with Crippen LogP contribution in [-0.2, 0) is 11.8 Å². The van der Waals surface area contributed by atoms with Crippen LogP contribution in [0, 0.1) is 0 Å². The third-order valence-electron chi connectivity index (χ3n) is 2.03. The summed E-state index contributed by atoms with van der Waals surface area (Å²) in [4.78, 5) is 11.4. The maximum absolute atomic E-state index is 11.4.